The Morgan fingerprint density at radius 1 is 1.00 bits per heavy atom. The third kappa shape index (κ3) is 5.60. The topological polar surface area (TPSA) is 132 Å². The second-order valence-electron chi connectivity index (χ2n) is 9.21. The van der Waals surface area contributed by atoms with Crippen LogP contribution in [-0.4, -0.2) is 37.1 Å². The third-order valence-corrected chi connectivity index (χ3v) is 8.75. The number of aryl methyl sites for hydroxylation is 1. The molecule has 206 valence electrons. The molecular weight excluding hydrogens is 562 g/mol. The van der Waals surface area contributed by atoms with Gasteiger partial charge >= 0.3 is 12.1 Å². The van der Waals surface area contributed by atoms with Crippen molar-refractivity contribution in [1.82, 2.24) is 20.0 Å². The Morgan fingerprint density at radius 3 is 2.41 bits per heavy atom. The minimum absolute atomic E-state index is 0.0662. The standard InChI is InChI=1S/C29H23N5O5S2/c1-16(17-6-4-3-5-7-17)38-29(37)31-27-20(15-30-34(27)2)22-13-24-23(41-22)12-21(40-24)18-8-10-19(11-9-18)28-33-32-25(39-28)14-26(35)36/h3-13,15-16H,14H2,1-2H3,(H,31,37)(H,35,36). The highest BCUT2D eigenvalue weighted by Crippen LogP contribution is 2.43. The second-order valence-corrected chi connectivity index (χ2v) is 11.4. The van der Waals surface area contributed by atoms with Crippen molar-refractivity contribution in [3.8, 4) is 32.3 Å². The SMILES string of the molecule is CC(OC(=O)Nc1c(-c2cc3sc(-c4ccc(-c5nnc(CC(=O)O)o5)cc4)cc3s2)cnn1C)c1ccccc1. The first-order valence-corrected chi connectivity index (χ1v) is 14.2. The Kier molecular flexibility index (Phi) is 7.08. The third-order valence-electron chi connectivity index (χ3n) is 6.37. The Balaban J connectivity index is 1.17. The molecule has 0 aliphatic carbocycles. The number of carbonyl (C=O) groups excluding carboxylic acids is 1. The van der Waals surface area contributed by atoms with Crippen LogP contribution in [0.4, 0.5) is 10.6 Å². The summed E-state index contributed by atoms with van der Waals surface area (Å²) < 4.78 is 14.9. The average molecular weight is 586 g/mol. The van der Waals surface area contributed by atoms with Gasteiger partial charge in [0.05, 0.1) is 11.8 Å². The molecule has 0 fully saturated rings. The molecule has 6 aromatic rings. The summed E-state index contributed by atoms with van der Waals surface area (Å²) in [5.74, 6) is -0.115. The summed E-state index contributed by atoms with van der Waals surface area (Å²) in [6.45, 7) is 1.83. The van der Waals surface area contributed by atoms with E-state index in [-0.39, 0.29) is 18.2 Å². The van der Waals surface area contributed by atoms with Gasteiger partial charge < -0.3 is 14.3 Å². The van der Waals surface area contributed by atoms with Gasteiger partial charge in [-0.05, 0) is 42.3 Å². The van der Waals surface area contributed by atoms with Gasteiger partial charge in [0.2, 0.25) is 11.8 Å². The Hall–Kier alpha value is -4.81. The van der Waals surface area contributed by atoms with E-state index in [1.165, 1.54) is 0 Å². The smallest absolute Gasteiger partial charge is 0.413 e. The number of anilines is 1. The number of fused-ring (bicyclic) bond motifs is 1. The number of amides is 1. The average Bonchev–Trinajstić information content (AvgIpc) is 3.74. The predicted molar refractivity (Wildman–Crippen MR) is 157 cm³/mol. The summed E-state index contributed by atoms with van der Waals surface area (Å²) in [4.78, 5) is 25.7. The van der Waals surface area contributed by atoms with E-state index >= 15 is 0 Å². The normalized spacial score (nSPS) is 12.0. The van der Waals surface area contributed by atoms with Crippen molar-refractivity contribution in [3.63, 3.8) is 0 Å². The molecule has 0 aliphatic heterocycles. The lowest BCUT2D eigenvalue weighted by atomic mass is 10.1. The number of nitrogens with zero attached hydrogens (tertiary/aromatic N) is 4. The predicted octanol–water partition coefficient (Wildman–Crippen LogP) is 7.02. The monoisotopic (exact) mass is 585 g/mol. The van der Waals surface area contributed by atoms with Crippen LogP contribution in [0.5, 0.6) is 0 Å². The van der Waals surface area contributed by atoms with Crippen molar-refractivity contribution in [2.24, 2.45) is 7.05 Å². The number of benzene rings is 2. The molecule has 4 heterocycles. The molecule has 0 aliphatic rings. The number of thiophene rings is 2. The Bertz CT molecular complexity index is 1820. The molecule has 2 aromatic carbocycles. The number of carboxylic acids is 1. The molecule has 1 atom stereocenters. The van der Waals surface area contributed by atoms with Crippen molar-refractivity contribution in [2.75, 3.05) is 5.32 Å². The van der Waals surface area contributed by atoms with E-state index < -0.39 is 18.2 Å². The molecule has 0 radical (unpaired) electrons. The van der Waals surface area contributed by atoms with Crippen LogP contribution < -0.4 is 5.32 Å². The van der Waals surface area contributed by atoms with E-state index in [0.717, 1.165) is 35.8 Å². The van der Waals surface area contributed by atoms with Crippen LogP contribution >= 0.6 is 22.7 Å². The number of hydrogen-bond donors (Lipinski definition) is 2. The van der Waals surface area contributed by atoms with Crippen molar-refractivity contribution in [2.45, 2.75) is 19.4 Å². The van der Waals surface area contributed by atoms with E-state index in [2.05, 4.69) is 32.7 Å². The lowest BCUT2D eigenvalue weighted by Gasteiger charge is -2.14. The van der Waals surface area contributed by atoms with E-state index in [0.29, 0.717) is 11.4 Å². The number of rotatable bonds is 8. The van der Waals surface area contributed by atoms with Gasteiger partial charge in [0.25, 0.3) is 0 Å². The molecule has 12 heteroatoms. The molecule has 0 saturated heterocycles. The summed E-state index contributed by atoms with van der Waals surface area (Å²) in [6.07, 6.45) is 0.487. The molecule has 2 N–H and O–H groups in total. The van der Waals surface area contributed by atoms with Crippen LogP contribution in [-0.2, 0) is 23.0 Å². The number of nitrogens with one attached hydrogen (secondary N) is 1. The summed E-state index contributed by atoms with van der Waals surface area (Å²) >= 11 is 3.29. The molecule has 1 amide bonds. The Labute approximate surface area is 241 Å². The quantitative estimate of drug-likeness (QED) is 0.195. The van der Waals surface area contributed by atoms with Crippen molar-refractivity contribution in [3.05, 3.63) is 84.4 Å². The molecular formula is C29H23N5O5S2. The zero-order valence-electron chi connectivity index (χ0n) is 21.9. The maximum atomic E-state index is 12.7. The van der Waals surface area contributed by atoms with E-state index in [1.807, 2.05) is 61.5 Å². The largest absolute Gasteiger partial charge is 0.481 e. The molecule has 4 aromatic heterocycles. The summed E-state index contributed by atoms with van der Waals surface area (Å²) in [5.41, 5.74) is 3.48. The highest BCUT2D eigenvalue weighted by molar-refractivity contribution is 7.31. The zero-order valence-corrected chi connectivity index (χ0v) is 23.5. The maximum Gasteiger partial charge on any atom is 0.413 e. The molecule has 6 rings (SSSR count). The number of carboxylic acid groups (broad SMARTS) is 1. The molecule has 0 bridgehead atoms. The van der Waals surface area contributed by atoms with Gasteiger partial charge in [-0.1, -0.05) is 42.5 Å². The second kappa shape index (κ2) is 11.0. The van der Waals surface area contributed by atoms with Crippen LogP contribution in [0.25, 0.3) is 41.7 Å². The number of ether oxygens (including phenoxy) is 1. The van der Waals surface area contributed by atoms with Gasteiger partial charge in [0, 0.05) is 31.8 Å². The van der Waals surface area contributed by atoms with Gasteiger partial charge in [-0.3, -0.25) is 14.8 Å². The fraction of sp³-hybridized carbons (Fsp3) is 0.138. The molecule has 0 saturated carbocycles. The number of hydrogen-bond acceptors (Lipinski definition) is 9. The van der Waals surface area contributed by atoms with Crippen LogP contribution in [0.1, 0.15) is 24.5 Å². The highest BCUT2D eigenvalue weighted by atomic mass is 32.1. The zero-order chi connectivity index (χ0) is 28.5. The minimum atomic E-state index is -1.02. The number of aromatic nitrogens is 4. The van der Waals surface area contributed by atoms with Gasteiger partial charge in [-0.2, -0.15) is 5.10 Å². The van der Waals surface area contributed by atoms with Crippen molar-refractivity contribution in [1.29, 1.82) is 0 Å². The lowest BCUT2D eigenvalue weighted by molar-refractivity contribution is -0.136. The molecule has 10 nitrogen and oxygen atoms in total. The first-order chi connectivity index (χ1) is 19.8. The van der Waals surface area contributed by atoms with Crippen LogP contribution in [0, 0.1) is 0 Å². The lowest BCUT2D eigenvalue weighted by Crippen LogP contribution is -2.18. The number of carbonyl (C=O) groups is 2. The fourth-order valence-electron chi connectivity index (χ4n) is 4.30. The van der Waals surface area contributed by atoms with Crippen molar-refractivity contribution < 1.29 is 23.8 Å². The fourth-order valence-corrected chi connectivity index (χ4v) is 6.72. The van der Waals surface area contributed by atoms with E-state index in [1.54, 1.807) is 40.6 Å². The van der Waals surface area contributed by atoms with E-state index in [4.69, 9.17) is 14.3 Å². The molecule has 41 heavy (non-hydrogen) atoms. The first-order valence-electron chi connectivity index (χ1n) is 12.6. The summed E-state index contributed by atoms with van der Waals surface area (Å²) in [6, 6.07) is 21.5. The summed E-state index contributed by atoms with van der Waals surface area (Å²) in [5, 5.41) is 23.9. The molecule has 1 unspecified atom stereocenters. The van der Waals surface area contributed by atoms with E-state index in [9.17, 15) is 9.59 Å². The molecule has 0 spiro atoms. The summed E-state index contributed by atoms with van der Waals surface area (Å²) in [7, 11) is 1.78. The number of aliphatic carboxylic acids is 1. The Morgan fingerprint density at radius 2 is 1.68 bits per heavy atom. The van der Waals surface area contributed by atoms with Gasteiger partial charge in [0.1, 0.15) is 18.3 Å². The van der Waals surface area contributed by atoms with Gasteiger partial charge in [-0.15, -0.1) is 32.9 Å². The highest BCUT2D eigenvalue weighted by Gasteiger charge is 2.20. The van der Waals surface area contributed by atoms with Crippen LogP contribution in [0.15, 0.2) is 77.3 Å². The van der Waals surface area contributed by atoms with Crippen LogP contribution in [0.3, 0.4) is 0 Å². The maximum absolute atomic E-state index is 12.7. The van der Waals surface area contributed by atoms with Gasteiger partial charge in [-0.25, -0.2) is 4.79 Å². The van der Waals surface area contributed by atoms with Crippen molar-refractivity contribution >= 4 is 50.0 Å². The first kappa shape index (κ1) is 26.4. The minimum Gasteiger partial charge on any atom is -0.481 e. The van der Waals surface area contributed by atoms with Gasteiger partial charge in [0.15, 0.2) is 0 Å². The van der Waals surface area contributed by atoms with Crippen LogP contribution in [0.2, 0.25) is 0 Å².